The van der Waals surface area contributed by atoms with Gasteiger partial charge in [0.05, 0.1) is 5.56 Å². The Morgan fingerprint density at radius 1 is 1.38 bits per heavy atom. The van der Waals surface area contributed by atoms with Gasteiger partial charge in [-0.05, 0) is 67.1 Å². The van der Waals surface area contributed by atoms with E-state index < -0.39 is 0 Å². The summed E-state index contributed by atoms with van der Waals surface area (Å²) in [4.78, 5) is 32.7. The fourth-order valence-electron chi connectivity index (χ4n) is 4.14. The lowest BCUT2D eigenvalue weighted by Crippen LogP contribution is -2.50. The van der Waals surface area contributed by atoms with Crippen molar-refractivity contribution in [1.82, 2.24) is 20.1 Å². The molecule has 7 nitrogen and oxygen atoms in total. The molecule has 3 amide bonds. The molecule has 174 valence electrons. The number of nitrogens with two attached hydrogens (primary N) is 1. The second kappa shape index (κ2) is 11.3. The highest BCUT2D eigenvalue weighted by molar-refractivity contribution is 7.07. The van der Waals surface area contributed by atoms with Gasteiger partial charge >= 0.3 is 6.03 Å². The molecule has 1 unspecified atom stereocenters. The van der Waals surface area contributed by atoms with Crippen molar-refractivity contribution in [2.45, 2.75) is 51.7 Å². The van der Waals surface area contributed by atoms with Crippen molar-refractivity contribution in [1.29, 1.82) is 0 Å². The molecular weight excluding hydrogens is 469 g/mol. The molecule has 1 aliphatic rings. The van der Waals surface area contributed by atoms with Gasteiger partial charge in [-0.2, -0.15) is 11.3 Å². The number of urea groups is 1. The number of primary amides is 1. The highest BCUT2D eigenvalue weighted by atomic mass is 35.5. The molecule has 0 aliphatic carbocycles. The summed E-state index contributed by atoms with van der Waals surface area (Å²) in [5.41, 5.74) is 7.84. The maximum atomic E-state index is 12.5. The van der Waals surface area contributed by atoms with Gasteiger partial charge in [0.1, 0.15) is 10.3 Å². The molecule has 1 saturated heterocycles. The maximum absolute atomic E-state index is 12.5. The summed E-state index contributed by atoms with van der Waals surface area (Å²) >= 11 is 13.6. The zero-order valence-corrected chi connectivity index (χ0v) is 20.6. The second-order valence-corrected chi connectivity index (χ2v) is 9.71. The quantitative estimate of drug-likeness (QED) is 0.531. The minimum absolute atomic E-state index is 0.115. The van der Waals surface area contributed by atoms with Crippen molar-refractivity contribution in [3.63, 3.8) is 0 Å². The van der Waals surface area contributed by atoms with Crippen molar-refractivity contribution in [3.05, 3.63) is 49.9 Å². The Bertz CT molecular complexity index is 909. The number of carbonyl (C=O) groups is 2. The number of hydrogen-bond donors (Lipinski definition) is 2. The molecule has 1 fully saturated rings. The molecule has 0 saturated carbocycles. The molecule has 3 heterocycles. The Hall–Kier alpha value is -1.87. The van der Waals surface area contributed by atoms with Gasteiger partial charge in [-0.3, -0.25) is 4.79 Å². The molecule has 3 rings (SSSR count). The van der Waals surface area contributed by atoms with E-state index in [4.69, 9.17) is 28.9 Å². The number of rotatable bonds is 8. The molecule has 3 N–H and O–H groups in total. The number of nitrogens with one attached hydrogen (secondary N) is 1. The summed E-state index contributed by atoms with van der Waals surface area (Å²) in [7, 11) is 0. The molecule has 0 aromatic carbocycles. The summed E-state index contributed by atoms with van der Waals surface area (Å²) < 4.78 is 0. The molecular formula is C22H29Cl2N5O2S. The van der Waals surface area contributed by atoms with E-state index in [2.05, 4.69) is 27.5 Å². The van der Waals surface area contributed by atoms with Crippen LogP contribution in [-0.2, 0) is 6.54 Å². The lowest BCUT2D eigenvalue weighted by atomic mass is 10.0. The van der Waals surface area contributed by atoms with Gasteiger partial charge in [-0.1, -0.05) is 23.2 Å². The van der Waals surface area contributed by atoms with Crippen LogP contribution in [0, 0.1) is 6.92 Å². The van der Waals surface area contributed by atoms with Crippen LogP contribution in [0.3, 0.4) is 0 Å². The largest absolute Gasteiger partial charge is 0.352 e. The third-order valence-corrected chi connectivity index (χ3v) is 7.19. The monoisotopic (exact) mass is 497 g/mol. The number of pyridine rings is 1. The average molecular weight is 498 g/mol. The zero-order valence-electron chi connectivity index (χ0n) is 18.3. The smallest absolute Gasteiger partial charge is 0.315 e. The number of likely N-dealkylation sites (tertiary alicyclic amines) is 1. The van der Waals surface area contributed by atoms with Crippen molar-refractivity contribution in [3.8, 4) is 0 Å². The first-order chi connectivity index (χ1) is 15.3. The fourth-order valence-corrected chi connectivity index (χ4v) is 5.42. The van der Waals surface area contributed by atoms with Gasteiger partial charge in [0.15, 0.2) is 0 Å². The molecule has 0 bridgehead atoms. The number of hydrogen-bond acceptors (Lipinski definition) is 5. The highest BCUT2D eigenvalue weighted by Crippen LogP contribution is 2.23. The summed E-state index contributed by atoms with van der Waals surface area (Å²) in [6, 6.07) is 3.74. The molecule has 10 heteroatoms. The van der Waals surface area contributed by atoms with Crippen molar-refractivity contribution >= 4 is 46.5 Å². The number of carbonyl (C=O) groups excluding carboxylic acids is 2. The topological polar surface area (TPSA) is 91.6 Å². The predicted molar refractivity (Wildman–Crippen MR) is 129 cm³/mol. The molecule has 2 aromatic rings. The third kappa shape index (κ3) is 6.34. The first kappa shape index (κ1) is 24.8. The van der Waals surface area contributed by atoms with Gasteiger partial charge in [0.2, 0.25) is 0 Å². The minimum Gasteiger partial charge on any atom is -0.352 e. The van der Waals surface area contributed by atoms with Crippen LogP contribution in [0.2, 0.25) is 10.3 Å². The van der Waals surface area contributed by atoms with Crippen LogP contribution in [0.5, 0.6) is 0 Å². The lowest BCUT2D eigenvalue weighted by Gasteiger charge is -2.40. The Labute approximate surface area is 202 Å². The molecule has 32 heavy (non-hydrogen) atoms. The summed E-state index contributed by atoms with van der Waals surface area (Å²) in [6.07, 6.45) is 2.58. The van der Waals surface area contributed by atoms with Crippen LogP contribution >= 0.6 is 34.5 Å². The van der Waals surface area contributed by atoms with E-state index in [-0.39, 0.29) is 28.3 Å². The van der Waals surface area contributed by atoms with Crippen LogP contribution in [0.15, 0.2) is 22.9 Å². The van der Waals surface area contributed by atoms with Crippen molar-refractivity contribution in [2.24, 2.45) is 5.73 Å². The summed E-state index contributed by atoms with van der Waals surface area (Å²) in [5.74, 6) is -0.242. The van der Waals surface area contributed by atoms with E-state index >= 15 is 0 Å². The van der Waals surface area contributed by atoms with Gasteiger partial charge < -0.3 is 20.9 Å². The average Bonchev–Trinajstić information content (AvgIpc) is 3.24. The lowest BCUT2D eigenvalue weighted by molar-refractivity contribution is 0.0916. The fraction of sp³-hybridized carbons (Fsp3) is 0.500. The van der Waals surface area contributed by atoms with E-state index in [0.717, 1.165) is 37.9 Å². The Balaban J connectivity index is 1.46. The van der Waals surface area contributed by atoms with Crippen LogP contribution in [-0.4, -0.2) is 58.4 Å². The number of nitrogens with zero attached hydrogens (tertiary/aromatic N) is 3. The van der Waals surface area contributed by atoms with Gasteiger partial charge in [0, 0.05) is 38.3 Å². The summed E-state index contributed by atoms with van der Waals surface area (Å²) in [5, 5.41) is 7.38. The Morgan fingerprint density at radius 3 is 2.69 bits per heavy atom. The van der Waals surface area contributed by atoms with E-state index in [1.54, 1.807) is 29.2 Å². The Morgan fingerprint density at radius 2 is 2.09 bits per heavy atom. The predicted octanol–water partition coefficient (Wildman–Crippen LogP) is 4.31. The van der Waals surface area contributed by atoms with E-state index in [9.17, 15) is 9.59 Å². The van der Waals surface area contributed by atoms with Crippen LogP contribution < -0.4 is 11.1 Å². The molecule has 2 aromatic heterocycles. The van der Waals surface area contributed by atoms with Crippen LogP contribution in [0.1, 0.15) is 47.7 Å². The van der Waals surface area contributed by atoms with E-state index in [1.807, 2.05) is 11.4 Å². The molecule has 1 aliphatic heterocycles. The van der Waals surface area contributed by atoms with Gasteiger partial charge in [0.25, 0.3) is 5.91 Å². The van der Waals surface area contributed by atoms with Crippen LogP contribution in [0.4, 0.5) is 4.79 Å². The number of halogens is 2. The summed E-state index contributed by atoms with van der Waals surface area (Å²) in [6.45, 7) is 6.82. The number of piperidine rings is 1. The standard InChI is InChI=1S/C22H29Cl2N5O2S/c1-14-11-18(23)27-20(24)19(14)21(30)26-7-3-15(2)28-8-4-17(5-9-28)29(22(25)31)12-16-6-10-32-13-16/h6,10-11,13,15,17H,3-5,7-9,12H2,1-2H3,(H2,25,31)(H,26,30). The van der Waals surface area contributed by atoms with Crippen molar-refractivity contribution in [2.75, 3.05) is 19.6 Å². The third-order valence-electron chi connectivity index (χ3n) is 6.00. The first-order valence-electron chi connectivity index (χ1n) is 10.7. The van der Waals surface area contributed by atoms with Crippen molar-refractivity contribution < 1.29 is 9.59 Å². The number of aromatic nitrogens is 1. The highest BCUT2D eigenvalue weighted by Gasteiger charge is 2.28. The SMILES string of the molecule is Cc1cc(Cl)nc(Cl)c1C(=O)NCCC(C)N1CCC(N(Cc2ccsc2)C(N)=O)CC1. The number of amides is 3. The number of aryl methyl sites for hydroxylation is 1. The normalized spacial score (nSPS) is 16.0. The minimum atomic E-state index is -0.365. The Kier molecular flexibility index (Phi) is 8.76. The first-order valence-corrected chi connectivity index (χ1v) is 12.4. The van der Waals surface area contributed by atoms with E-state index in [0.29, 0.717) is 30.3 Å². The molecule has 0 radical (unpaired) electrons. The molecule has 1 atom stereocenters. The number of thiophene rings is 1. The zero-order chi connectivity index (χ0) is 23.3. The van der Waals surface area contributed by atoms with Gasteiger partial charge in [-0.25, -0.2) is 9.78 Å². The second-order valence-electron chi connectivity index (χ2n) is 8.19. The molecule has 0 spiro atoms. The van der Waals surface area contributed by atoms with Gasteiger partial charge in [-0.15, -0.1) is 0 Å². The maximum Gasteiger partial charge on any atom is 0.315 e. The van der Waals surface area contributed by atoms with Crippen LogP contribution in [0.25, 0.3) is 0 Å². The van der Waals surface area contributed by atoms with E-state index in [1.165, 1.54) is 0 Å².